The number of allylic oxidation sites excluding steroid dienone is 2. The lowest BCUT2D eigenvalue weighted by Gasteiger charge is -2.23. The van der Waals surface area contributed by atoms with Crippen molar-refractivity contribution in [2.24, 2.45) is 0 Å². The number of hydrogen-bond acceptors (Lipinski definition) is 6. The number of nitrogens with zero attached hydrogens (tertiary/aromatic N) is 4. The number of sulfonamides is 1. The molecule has 0 aliphatic carbocycles. The lowest BCUT2D eigenvalue weighted by atomic mass is 10.1. The Morgan fingerprint density at radius 2 is 1.63 bits per heavy atom. The minimum absolute atomic E-state index is 0.300. The van der Waals surface area contributed by atoms with Gasteiger partial charge in [0.1, 0.15) is 12.4 Å². The van der Waals surface area contributed by atoms with E-state index in [0.29, 0.717) is 30.2 Å². The van der Waals surface area contributed by atoms with Crippen LogP contribution in [0.1, 0.15) is 57.5 Å². The Balaban J connectivity index is 1.76. The Morgan fingerprint density at radius 3 is 2.27 bits per heavy atom. The van der Waals surface area contributed by atoms with Gasteiger partial charge in [-0.2, -0.15) is 8.87 Å². The van der Waals surface area contributed by atoms with Crippen molar-refractivity contribution in [3.8, 4) is 0 Å². The molecule has 1 aliphatic heterocycles. The fourth-order valence-electron chi connectivity index (χ4n) is 5.42. The molecule has 1 aromatic heterocycles. The number of anilines is 2. The highest BCUT2D eigenvalue weighted by Gasteiger charge is 2.30. The molecule has 0 unspecified atom stereocenters. The van der Waals surface area contributed by atoms with Gasteiger partial charge in [-0.25, -0.2) is 13.2 Å². The van der Waals surface area contributed by atoms with Gasteiger partial charge in [-0.3, -0.25) is 0 Å². The molecule has 9 heteroatoms. The van der Waals surface area contributed by atoms with Crippen molar-refractivity contribution in [3.05, 3.63) is 77.8 Å². The summed E-state index contributed by atoms with van der Waals surface area (Å²) in [6.07, 6.45) is 8.14. The van der Waals surface area contributed by atoms with E-state index in [9.17, 15) is 13.2 Å². The number of pyridine rings is 1. The summed E-state index contributed by atoms with van der Waals surface area (Å²) in [6, 6.07) is 13.1. The Kier molecular flexibility index (Phi) is 9.50. The van der Waals surface area contributed by atoms with Crippen LogP contribution in [0.4, 0.5) is 11.4 Å². The Morgan fingerprint density at radius 1 is 0.927 bits per heavy atom. The number of fused-ring (bicyclic) bond motifs is 2. The standard InChI is InChI=1S/C32H41N4O4S/c1-7-33-21-20-24(27-23-26(17-19-28(27)33)41(38,39)34(8-2)9-3)14-13-15-31-35(10-4)29-18-16-25(32(37)40-12-6)22-30(29)36(31)11-5/h13-23H,7-12H2,1-6H3/q+1. The Hall–Kier alpha value is -3.69. The summed E-state index contributed by atoms with van der Waals surface area (Å²) in [5.74, 6) is 0.685. The normalized spacial score (nSPS) is 14.6. The maximum absolute atomic E-state index is 13.3. The van der Waals surface area contributed by atoms with Crippen LogP contribution in [-0.4, -0.2) is 51.5 Å². The van der Waals surface area contributed by atoms with E-state index in [1.807, 2.05) is 62.5 Å². The van der Waals surface area contributed by atoms with E-state index in [1.54, 1.807) is 19.1 Å². The molecular formula is C32H41N4O4S+. The quantitative estimate of drug-likeness (QED) is 0.219. The predicted octanol–water partition coefficient (Wildman–Crippen LogP) is 5.58. The van der Waals surface area contributed by atoms with Crippen LogP contribution in [0.15, 0.2) is 71.5 Å². The van der Waals surface area contributed by atoms with E-state index < -0.39 is 10.0 Å². The van der Waals surface area contributed by atoms with Crippen LogP contribution in [0.5, 0.6) is 0 Å². The van der Waals surface area contributed by atoms with E-state index in [1.165, 1.54) is 4.31 Å². The van der Waals surface area contributed by atoms with Gasteiger partial charge in [0.25, 0.3) is 0 Å². The van der Waals surface area contributed by atoms with E-state index in [2.05, 4.69) is 41.2 Å². The summed E-state index contributed by atoms with van der Waals surface area (Å²) in [4.78, 5) is 17.1. The van der Waals surface area contributed by atoms with Crippen molar-refractivity contribution in [1.82, 2.24) is 4.31 Å². The number of carbonyl (C=O) groups is 1. The van der Waals surface area contributed by atoms with E-state index >= 15 is 0 Å². The van der Waals surface area contributed by atoms with Crippen LogP contribution in [-0.2, 0) is 21.3 Å². The zero-order chi connectivity index (χ0) is 29.7. The van der Waals surface area contributed by atoms with Gasteiger partial charge in [-0.05, 0) is 69.7 Å². The van der Waals surface area contributed by atoms with E-state index in [4.69, 9.17) is 4.74 Å². The van der Waals surface area contributed by atoms with Gasteiger partial charge in [0.15, 0.2) is 6.20 Å². The second kappa shape index (κ2) is 12.9. The first-order chi connectivity index (χ1) is 19.7. The highest BCUT2D eigenvalue weighted by molar-refractivity contribution is 7.89. The zero-order valence-corrected chi connectivity index (χ0v) is 25.7. The van der Waals surface area contributed by atoms with Crippen molar-refractivity contribution >= 4 is 44.3 Å². The average Bonchev–Trinajstić information content (AvgIpc) is 3.28. The minimum Gasteiger partial charge on any atom is -0.462 e. The fraction of sp³-hybridized carbons (Fsp3) is 0.375. The number of ether oxygens (including phenoxy) is 1. The van der Waals surface area contributed by atoms with Crippen LogP contribution in [0.2, 0.25) is 0 Å². The molecule has 3 aromatic rings. The predicted molar refractivity (Wildman–Crippen MR) is 165 cm³/mol. The van der Waals surface area contributed by atoms with Crippen molar-refractivity contribution in [2.45, 2.75) is 53.0 Å². The molecule has 218 valence electrons. The van der Waals surface area contributed by atoms with Gasteiger partial charge in [0.05, 0.1) is 33.8 Å². The fourth-order valence-corrected chi connectivity index (χ4v) is 6.90. The molecule has 1 aliphatic rings. The number of esters is 1. The maximum atomic E-state index is 13.3. The van der Waals surface area contributed by atoms with Gasteiger partial charge in [-0.1, -0.05) is 26.0 Å². The smallest absolute Gasteiger partial charge is 0.338 e. The number of carbonyl (C=O) groups excluding carboxylic acids is 1. The van der Waals surface area contributed by atoms with Crippen LogP contribution in [0, 0.1) is 0 Å². The lowest BCUT2D eigenvalue weighted by molar-refractivity contribution is -0.667. The maximum Gasteiger partial charge on any atom is 0.338 e. The third-order valence-corrected chi connectivity index (χ3v) is 9.53. The number of aryl methyl sites for hydroxylation is 1. The van der Waals surface area contributed by atoms with Gasteiger partial charge >= 0.3 is 5.97 Å². The summed E-state index contributed by atoms with van der Waals surface area (Å²) >= 11 is 0. The number of hydrogen-bond donors (Lipinski definition) is 0. The third kappa shape index (κ3) is 5.74. The minimum atomic E-state index is -3.59. The first-order valence-corrected chi connectivity index (χ1v) is 15.9. The molecule has 0 radical (unpaired) electrons. The average molecular weight is 578 g/mol. The summed E-state index contributed by atoms with van der Waals surface area (Å²) in [5, 5.41) is 0.880. The Labute approximate surface area is 244 Å². The molecule has 0 atom stereocenters. The second-order valence-electron chi connectivity index (χ2n) is 9.62. The highest BCUT2D eigenvalue weighted by Crippen LogP contribution is 2.42. The molecule has 2 heterocycles. The van der Waals surface area contributed by atoms with Crippen molar-refractivity contribution in [1.29, 1.82) is 0 Å². The molecular weight excluding hydrogens is 536 g/mol. The van der Waals surface area contributed by atoms with Gasteiger partial charge in [0, 0.05) is 38.3 Å². The van der Waals surface area contributed by atoms with Crippen LogP contribution >= 0.6 is 0 Å². The molecule has 41 heavy (non-hydrogen) atoms. The zero-order valence-electron chi connectivity index (χ0n) is 24.9. The first-order valence-electron chi connectivity index (χ1n) is 14.5. The van der Waals surface area contributed by atoms with Gasteiger partial charge in [-0.15, -0.1) is 0 Å². The highest BCUT2D eigenvalue weighted by atomic mass is 32.2. The molecule has 0 saturated heterocycles. The van der Waals surface area contributed by atoms with Crippen LogP contribution < -0.4 is 14.4 Å². The SMILES string of the molecule is CCOC(=O)c1ccc2c(c1)N(CC)C(=CC=Cc1cc[n+](CC)c3ccc(S(=O)(=O)N(CC)CC)cc13)N2CC. The number of benzene rings is 2. The molecule has 0 N–H and O–H groups in total. The Bertz CT molecular complexity index is 1590. The third-order valence-electron chi connectivity index (χ3n) is 7.48. The van der Waals surface area contributed by atoms with Gasteiger partial charge < -0.3 is 14.5 Å². The van der Waals surface area contributed by atoms with Gasteiger partial charge in [0.2, 0.25) is 15.5 Å². The molecule has 0 spiro atoms. The van der Waals surface area contributed by atoms with Crippen molar-refractivity contribution in [2.75, 3.05) is 42.6 Å². The molecule has 0 bridgehead atoms. The molecule has 0 fully saturated rings. The largest absolute Gasteiger partial charge is 0.462 e. The number of aromatic nitrogens is 1. The second-order valence-corrected chi connectivity index (χ2v) is 11.6. The summed E-state index contributed by atoms with van der Waals surface area (Å²) < 4.78 is 35.4. The topological polar surface area (TPSA) is 74.0 Å². The summed E-state index contributed by atoms with van der Waals surface area (Å²) in [6.45, 7) is 15.2. The summed E-state index contributed by atoms with van der Waals surface area (Å²) in [5.41, 5.74) is 4.46. The van der Waals surface area contributed by atoms with E-state index in [-0.39, 0.29) is 5.97 Å². The molecule has 0 saturated carbocycles. The van der Waals surface area contributed by atoms with Crippen LogP contribution in [0.3, 0.4) is 0 Å². The lowest BCUT2D eigenvalue weighted by Crippen LogP contribution is -2.33. The first kappa shape index (κ1) is 30.3. The van der Waals surface area contributed by atoms with E-state index in [0.717, 1.165) is 53.3 Å². The number of rotatable bonds is 11. The molecule has 0 amide bonds. The van der Waals surface area contributed by atoms with Crippen molar-refractivity contribution in [3.63, 3.8) is 0 Å². The monoisotopic (exact) mass is 577 g/mol. The summed E-state index contributed by atoms with van der Waals surface area (Å²) in [7, 11) is -3.59. The molecule has 4 rings (SSSR count). The van der Waals surface area contributed by atoms with Crippen molar-refractivity contribution < 1.29 is 22.5 Å². The molecule has 2 aromatic carbocycles. The molecule has 8 nitrogen and oxygen atoms in total. The van der Waals surface area contributed by atoms with Crippen LogP contribution in [0.25, 0.3) is 17.0 Å².